The molecule has 18 heavy (non-hydrogen) atoms. The first-order chi connectivity index (χ1) is 8.67. The molecule has 102 valence electrons. The average Bonchev–Trinajstić information content (AvgIpc) is 2.86. The van der Waals surface area contributed by atoms with Crippen LogP contribution in [0.2, 0.25) is 0 Å². The summed E-state index contributed by atoms with van der Waals surface area (Å²) in [6, 6.07) is -0.553. The number of carbonyl (C=O) groups is 2. The van der Waals surface area contributed by atoms with E-state index in [1.54, 1.807) is 0 Å². The van der Waals surface area contributed by atoms with E-state index >= 15 is 0 Å². The Labute approximate surface area is 109 Å². The highest BCUT2D eigenvalue weighted by Gasteiger charge is 2.39. The number of nitrogens with one attached hydrogen (secondary N) is 1. The predicted octanol–water partition coefficient (Wildman–Crippen LogP) is 1.69. The minimum Gasteiger partial charge on any atom is -0.343 e. The van der Waals surface area contributed by atoms with Gasteiger partial charge in [-0.2, -0.15) is 0 Å². The van der Waals surface area contributed by atoms with Gasteiger partial charge in [0.1, 0.15) is 12.1 Å². The highest BCUT2D eigenvalue weighted by Crippen LogP contribution is 2.27. The van der Waals surface area contributed by atoms with Crippen LogP contribution < -0.4 is 5.32 Å². The minimum absolute atomic E-state index is 0.0296. The van der Waals surface area contributed by atoms with E-state index in [4.69, 9.17) is 0 Å². The lowest BCUT2D eigenvalue weighted by Crippen LogP contribution is -2.63. The van der Waals surface area contributed by atoms with Gasteiger partial charge in [-0.25, -0.2) is 0 Å². The van der Waals surface area contributed by atoms with Crippen LogP contribution >= 0.6 is 0 Å². The molecular weight excluding hydrogens is 228 g/mol. The van der Waals surface area contributed by atoms with Gasteiger partial charge in [0.05, 0.1) is 0 Å². The number of nitrogens with zero attached hydrogens (tertiary/aromatic N) is 1. The zero-order valence-corrected chi connectivity index (χ0v) is 11.4. The quantitative estimate of drug-likeness (QED) is 0.827. The monoisotopic (exact) mass is 252 g/mol. The third-order valence-electron chi connectivity index (χ3n) is 4.30. The lowest BCUT2D eigenvalue weighted by Gasteiger charge is -2.39. The highest BCUT2D eigenvalue weighted by molar-refractivity contribution is 5.96. The van der Waals surface area contributed by atoms with Gasteiger partial charge >= 0.3 is 0 Å². The van der Waals surface area contributed by atoms with Crippen molar-refractivity contribution in [3.05, 3.63) is 0 Å². The molecule has 2 aliphatic rings. The Morgan fingerprint density at radius 1 is 1.17 bits per heavy atom. The number of carbonyl (C=O) groups excluding carboxylic acids is 2. The van der Waals surface area contributed by atoms with Gasteiger partial charge < -0.3 is 10.2 Å². The van der Waals surface area contributed by atoms with Crippen LogP contribution in [-0.4, -0.2) is 35.3 Å². The van der Waals surface area contributed by atoms with Gasteiger partial charge in [-0.15, -0.1) is 0 Å². The molecule has 1 saturated heterocycles. The number of rotatable bonds is 4. The molecule has 1 saturated carbocycles. The Kier molecular flexibility index (Phi) is 4.25. The SMILES string of the molecule is CCC1NC(=O)C(CC)N(CC2CCCC2)C1=O. The van der Waals surface area contributed by atoms with Crippen molar-refractivity contribution in [2.75, 3.05) is 6.54 Å². The molecule has 4 nitrogen and oxygen atoms in total. The molecule has 2 atom stereocenters. The molecule has 2 rings (SSSR count). The Balaban J connectivity index is 2.09. The largest absolute Gasteiger partial charge is 0.343 e. The summed E-state index contributed by atoms with van der Waals surface area (Å²) in [4.78, 5) is 26.2. The molecule has 4 heteroatoms. The van der Waals surface area contributed by atoms with Crippen LogP contribution in [0.4, 0.5) is 0 Å². The van der Waals surface area contributed by atoms with Crippen molar-refractivity contribution in [3.8, 4) is 0 Å². The van der Waals surface area contributed by atoms with Crippen molar-refractivity contribution in [3.63, 3.8) is 0 Å². The maximum absolute atomic E-state index is 12.4. The molecule has 0 spiro atoms. The predicted molar refractivity (Wildman–Crippen MR) is 70.0 cm³/mol. The Morgan fingerprint density at radius 3 is 2.39 bits per heavy atom. The lowest BCUT2D eigenvalue weighted by atomic mass is 10.00. The van der Waals surface area contributed by atoms with Crippen molar-refractivity contribution in [1.29, 1.82) is 0 Å². The third-order valence-corrected chi connectivity index (χ3v) is 4.30. The van der Waals surface area contributed by atoms with E-state index in [9.17, 15) is 9.59 Å². The Bertz CT molecular complexity index is 324. The highest BCUT2D eigenvalue weighted by atomic mass is 16.2. The summed E-state index contributed by atoms with van der Waals surface area (Å²) >= 11 is 0. The second-order valence-corrected chi connectivity index (χ2v) is 5.53. The van der Waals surface area contributed by atoms with Crippen LogP contribution in [0, 0.1) is 5.92 Å². The van der Waals surface area contributed by atoms with Crippen molar-refractivity contribution < 1.29 is 9.59 Å². The zero-order chi connectivity index (χ0) is 13.1. The Morgan fingerprint density at radius 2 is 1.83 bits per heavy atom. The molecule has 1 aliphatic carbocycles. The first kappa shape index (κ1) is 13.4. The molecule has 0 bridgehead atoms. The first-order valence-electron chi connectivity index (χ1n) is 7.28. The van der Waals surface area contributed by atoms with E-state index in [1.807, 2.05) is 18.7 Å². The molecule has 2 fully saturated rings. The molecule has 0 aromatic carbocycles. The fourth-order valence-electron chi connectivity index (χ4n) is 3.20. The first-order valence-corrected chi connectivity index (χ1v) is 7.28. The maximum atomic E-state index is 12.4. The average molecular weight is 252 g/mol. The standard InChI is InChI=1S/C14H24N2O2/c1-3-11-14(18)16(9-10-7-5-6-8-10)12(4-2)13(17)15-11/h10-12H,3-9H2,1-2H3,(H,15,17). The van der Waals surface area contributed by atoms with E-state index in [2.05, 4.69) is 5.32 Å². The van der Waals surface area contributed by atoms with E-state index in [0.717, 1.165) is 6.54 Å². The zero-order valence-electron chi connectivity index (χ0n) is 11.4. The van der Waals surface area contributed by atoms with E-state index in [0.29, 0.717) is 18.8 Å². The van der Waals surface area contributed by atoms with Crippen LogP contribution in [0.3, 0.4) is 0 Å². The van der Waals surface area contributed by atoms with Crippen LogP contribution in [0.15, 0.2) is 0 Å². The molecule has 0 radical (unpaired) electrons. The van der Waals surface area contributed by atoms with Gasteiger partial charge in [-0.1, -0.05) is 26.7 Å². The van der Waals surface area contributed by atoms with Crippen molar-refractivity contribution in [1.82, 2.24) is 10.2 Å². The van der Waals surface area contributed by atoms with Crippen LogP contribution in [0.5, 0.6) is 0 Å². The molecule has 2 unspecified atom stereocenters. The molecule has 1 heterocycles. The van der Waals surface area contributed by atoms with Gasteiger partial charge in [0.15, 0.2) is 0 Å². The van der Waals surface area contributed by atoms with Gasteiger partial charge in [-0.3, -0.25) is 9.59 Å². The van der Waals surface area contributed by atoms with Crippen LogP contribution in [0.25, 0.3) is 0 Å². The third kappa shape index (κ3) is 2.52. The summed E-state index contributed by atoms with van der Waals surface area (Å²) in [5.74, 6) is 0.754. The number of hydrogen-bond acceptors (Lipinski definition) is 2. The number of hydrogen-bond donors (Lipinski definition) is 1. The smallest absolute Gasteiger partial charge is 0.245 e. The molecule has 0 aromatic rings. The van der Waals surface area contributed by atoms with Crippen LogP contribution in [0.1, 0.15) is 52.4 Å². The molecule has 0 aromatic heterocycles. The summed E-state index contributed by atoms with van der Waals surface area (Å²) in [6.07, 6.45) is 6.35. The summed E-state index contributed by atoms with van der Waals surface area (Å²) in [5, 5.41) is 2.84. The van der Waals surface area contributed by atoms with Gasteiger partial charge in [0.25, 0.3) is 0 Å². The van der Waals surface area contributed by atoms with E-state index < -0.39 is 0 Å². The second-order valence-electron chi connectivity index (χ2n) is 5.53. The van der Waals surface area contributed by atoms with Gasteiger partial charge in [0.2, 0.25) is 11.8 Å². The fraction of sp³-hybridized carbons (Fsp3) is 0.857. The van der Waals surface area contributed by atoms with Crippen molar-refractivity contribution in [2.45, 2.75) is 64.5 Å². The van der Waals surface area contributed by atoms with Crippen LogP contribution in [-0.2, 0) is 9.59 Å². The lowest BCUT2D eigenvalue weighted by molar-refractivity contribution is -0.150. The van der Waals surface area contributed by atoms with E-state index in [-0.39, 0.29) is 23.9 Å². The summed E-state index contributed by atoms with van der Waals surface area (Å²) in [7, 11) is 0. The summed E-state index contributed by atoms with van der Waals surface area (Å²) in [5.41, 5.74) is 0. The van der Waals surface area contributed by atoms with Crippen molar-refractivity contribution in [2.24, 2.45) is 5.92 Å². The molecule has 1 aliphatic heterocycles. The van der Waals surface area contributed by atoms with E-state index in [1.165, 1.54) is 25.7 Å². The van der Waals surface area contributed by atoms with Gasteiger partial charge in [-0.05, 0) is 31.6 Å². The summed E-state index contributed by atoms with van der Waals surface area (Å²) < 4.78 is 0. The topological polar surface area (TPSA) is 49.4 Å². The Hall–Kier alpha value is -1.06. The molecule has 2 amide bonds. The maximum Gasteiger partial charge on any atom is 0.245 e. The molecular formula is C14H24N2O2. The van der Waals surface area contributed by atoms with Gasteiger partial charge in [0, 0.05) is 6.54 Å². The molecule has 1 N–H and O–H groups in total. The normalized spacial score (nSPS) is 29.8. The number of amides is 2. The second kappa shape index (κ2) is 5.72. The number of piperazine rings is 1. The fourth-order valence-corrected chi connectivity index (χ4v) is 3.20. The minimum atomic E-state index is -0.304. The van der Waals surface area contributed by atoms with Crippen molar-refractivity contribution >= 4 is 11.8 Å². The summed E-state index contributed by atoms with van der Waals surface area (Å²) in [6.45, 7) is 4.70.